The van der Waals surface area contributed by atoms with Crippen molar-refractivity contribution < 1.29 is 0 Å². The van der Waals surface area contributed by atoms with Crippen molar-refractivity contribution in [3.05, 3.63) is 29.6 Å². The number of hydrogen-bond acceptors (Lipinski definition) is 1. The summed E-state index contributed by atoms with van der Waals surface area (Å²) < 4.78 is 2.31. The summed E-state index contributed by atoms with van der Waals surface area (Å²) >= 11 is 0. The second kappa shape index (κ2) is 5.27. The van der Waals surface area contributed by atoms with Gasteiger partial charge in [0.15, 0.2) is 0 Å². The van der Waals surface area contributed by atoms with Crippen LogP contribution in [0.1, 0.15) is 50.9 Å². The Morgan fingerprint density at radius 2 is 2.11 bits per heavy atom. The molecule has 0 radical (unpaired) electrons. The number of hydrogen-bond donors (Lipinski definition) is 0. The van der Waals surface area contributed by atoms with Crippen LogP contribution in [-0.2, 0) is 6.54 Å². The zero-order chi connectivity index (χ0) is 13.1. The standard InChI is InChI=1S/C14H14N2.C2H6/c1-3-10-5-8-13-12(9-10)15-14(11-6-7-11)16(13)4-2;1-2/h1,5,8-9,11H,4,6-7H2,2H3;1-2H3. The van der Waals surface area contributed by atoms with Crippen LogP contribution in [-0.4, -0.2) is 9.55 Å². The summed E-state index contributed by atoms with van der Waals surface area (Å²) in [4.78, 5) is 4.72. The second-order valence-electron chi connectivity index (χ2n) is 4.34. The molecule has 94 valence electrons. The molecule has 1 aromatic heterocycles. The fraction of sp³-hybridized carbons (Fsp3) is 0.438. The lowest BCUT2D eigenvalue weighted by atomic mass is 10.2. The van der Waals surface area contributed by atoms with E-state index >= 15 is 0 Å². The van der Waals surface area contributed by atoms with E-state index in [1.165, 1.54) is 24.2 Å². The predicted octanol–water partition coefficient (Wildman–Crippen LogP) is 3.94. The average Bonchev–Trinajstić information content (AvgIpc) is 3.21. The largest absolute Gasteiger partial charge is 0.328 e. The molecule has 1 aromatic carbocycles. The van der Waals surface area contributed by atoms with Crippen LogP contribution in [0.4, 0.5) is 0 Å². The van der Waals surface area contributed by atoms with Crippen molar-refractivity contribution in [2.45, 2.75) is 46.1 Å². The molecular weight excluding hydrogens is 220 g/mol. The van der Waals surface area contributed by atoms with E-state index in [0.717, 1.165) is 17.6 Å². The molecule has 2 aromatic rings. The van der Waals surface area contributed by atoms with Gasteiger partial charge in [-0.3, -0.25) is 0 Å². The van der Waals surface area contributed by atoms with Gasteiger partial charge in [0.1, 0.15) is 5.82 Å². The molecule has 0 spiro atoms. The summed E-state index contributed by atoms with van der Waals surface area (Å²) in [7, 11) is 0. The number of aromatic nitrogens is 2. The fourth-order valence-corrected chi connectivity index (χ4v) is 2.22. The first-order chi connectivity index (χ1) is 8.83. The molecule has 1 aliphatic carbocycles. The van der Waals surface area contributed by atoms with Gasteiger partial charge in [-0.25, -0.2) is 4.98 Å². The van der Waals surface area contributed by atoms with Gasteiger partial charge in [0.2, 0.25) is 0 Å². The van der Waals surface area contributed by atoms with Crippen LogP contribution in [0, 0.1) is 12.3 Å². The first-order valence-electron chi connectivity index (χ1n) is 6.80. The fourth-order valence-electron chi connectivity index (χ4n) is 2.22. The number of benzene rings is 1. The molecule has 1 fully saturated rings. The Hall–Kier alpha value is -1.75. The number of fused-ring (bicyclic) bond motifs is 1. The van der Waals surface area contributed by atoms with Crippen LogP contribution in [0.3, 0.4) is 0 Å². The molecule has 3 rings (SSSR count). The van der Waals surface area contributed by atoms with E-state index in [1.807, 2.05) is 26.0 Å². The van der Waals surface area contributed by atoms with Crippen molar-refractivity contribution in [2.75, 3.05) is 0 Å². The Morgan fingerprint density at radius 3 is 2.67 bits per heavy atom. The lowest BCUT2D eigenvalue weighted by Gasteiger charge is -2.03. The molecular formula is C16H20N2. The normalized spacial score (nSPS) is 13.9. The Morgan fingerprint density at radius 1 is 1.39 bits per heavy atom. The molecule has 1 aliphatic rings. The molecule has 0 amide bonds. The monoisotopic (exact) mass is 240 g/mol. The topological polar surface area (TPSA) is 17.8 Å². The molecule has 0 atom stereocenters. The van der Waals surface area contributed by atoms with Gasteiger partial charge in [-0.05, 0) is 38.0 Å². The van der Waals surface area contributed by atoms with Crippen molar-refractivity contribution >= 4 is 11.0 Å². The zero-order valence-corrected chi connectivity index (χ0v) is 11.4. The van der Waals surface area contributed by atoms with E-state index in [0.29, 0.717) is 5.92 Å². The highest BCUT2D eigenvalue weighted by molar-refractivity contribution is 5.78. The van der Waals surface area contributed by atoms with Crippen LogP contribution in [0.25, 0.3) is 11.0 Å². The Balaban J connectivity index is 0.000000574. The highest BCUT2D eigenvalue weighted by Crippen LogP contribution is 2.40. The third kappa shape index (κ3) is 2.13. The molecule has 0 bridgehead atoms. The van der Waals surface area contributed by atoms with Crippen molar-refractivity contribution in [3.63, 3.8) is 0 Å². The van der Waals surface area contributed by atoms with Gasteiger partial charge in [0.05, 0.1) is 11.0 Å². The molecule has 0 aliphatic heterocycles. The first-order valence-corrected chi connectivity index (χ1v) is 6.80. The summed E-state index contributed by atoms with van der Waals surface area (Å²) in [5.41, 5.74) is 3.17. The third-order valence-corrected chi connectivity index (χ3v) is 3.20. The average molecular weight is 240 g/mol. The Kier molecular flexibility index (Phi) is 3.72. The summed E-state index contributed by atoms with van der Waals surface area (Å²) in [6, 6.07) is 6.09. The minimum absolute atomic E-state index is 0.682. The lowest BCUT2D eigenvalue weighted by molar-refractivity contribution is 0.720. The molecule has 1 saturated carbocycles. The third-order valence-electron chi connectivity index (χ3n) is 3.20. The quantitative estimate of drug-likeness (QED) is 0.727. The smallest absolute Gasteiger partial charge is 0.112 e. The SMILES string of the molecule is C#Cc1ccc2c(c1)nc(C1CC1)n2CC.CC. The Labute approximate surface area is 109 Å². The van der Waals surface area contributed by atoms with Crippen LogP contribution in [0.15, 0.2) is 18.2 Å². The number of imidazole rings is 1. The summed E-state index contributed by atoms with van der Waals surface area (Å²) in [5.74, 6) is 4.59. The van der Waals surface area contributed by atoms with E-state index in [1.54, 1.807) is 0 Å². The minimum Gasteiger partial charge on any atom is -0.328 e. The number of rotatable bonds is 2. The highest BCUT2D eigenvalue weighted by Gasteiger charge is 2.29. The van der Waals surface area contributed by atoms with Crippen LogP contribution in [0.5, 0.6) is 0 Å². The summed E-state index contributed by atoms with van der Waals surface area (Å²) in [6.07, 6.45) is 7.97. The molecule has 0 N–H and O–H groups in total. The van der Waals surface area contributed by atoms with Gasteiger partial charge in [0.25, 0.3) is 0 Å². The highest BCUT2D eigenvalue weighted by atomic mass is 15.1. The van der Waals surface area contributed by atoms with Crippen molar-refractivity contribution in [1.29, 1.82) is 0 Å². The number of aryl methyl sites for hydroxylation is 1. The first kappa shape index (κ1) is 12.7. The van der Waals surface area contributed by atoms with Gasteiger partial charge in [-0.15, -0.1) is 6.42 Å². The number of terminal acetylenes is 1. The maximum Gasteiger partial charge on any atom is 0.112 e. The van der Waals surface area contributed by atoms with Crippen molar-refractivity contribution in [1.82, 2.24) is 9.55 Å². The van der Waals surface area contributed by atoms with Crippen molar-refractivity contribution in [3.8, 4) is 12.3 Å². The molecule has 1 heterocycles. The van der Waals surface area contributed by atoms with Crippen LogP contribution >= 0.6 is 0 Å². The summed E-state index contributed by atoms with van der Waals surface area (Å²) in [6.45, 7) is 7.15. The van der Waals surface area contributed by atoms with E-state index in [4.69, 9.17) is 11.4 Å². The lowest BCUT2D eigenvalue weighted by Crippen LogP contribution is -1.99. The second-order valence-corrected chi connectivity index (χ2v) is 4.34. The van der Waals surface area contributed by atoms with Gasteiger partial charge >= 0.3 is 0 Å². The van der Waals surface area contributed by atoms with Gasteiger partial charge < -0.3 is 4.57 Å². The summed E-state index contributed by atoms with van der Waals surface area (Å²) in [5, 5.41) is 0. The molecule has 0 saturated heterocycles. The molecule has 18 heavy (non-hydrogen) atoms. The maximum absolute atomic E-state index is 5.41. The number of nitrogens with zero attached hydrogens (tertiary/aromatic N) is 2. The Bertz CT molecular complexity index is 583. The molecule has 2 nitrogen and oxygen atoms in total. The van der Waals surface area contributed by atoms with E-state index < -0.39 is 0 Å². The molecule has 2 heteroatoms. The van der Waals surface area contributed by atoms with Crippen LogP contribution < -0.4 is 0 Å². The predicted molar refractivity (Wildman–Crippen MR) is 76.7 cm³/mol. The van der Waals surface area contributed by atoms with Gasteiger partial charge in [0, 0.05) is 18.0 Å². The van der Waals surface area contributed by atoms with E-state index in [2.05, 4.69) is 23.5 Å². The zero-order valence-electron chi connectivity index (χ0n) is 11.4. The van der Waals surface area contributed by atoms with Gasteiger partial charge in [-0.1, -0.05) is 19.8 Å². The van der Waals surface area contributed by atoms with E-state index in [9.17, 15) is 0 Å². The van der Waals surface area contributed by atoms with Crippen molar-refractivity contribution in [2.24, 2.45) is 0 Å². The van der Waals surface area contributed by atoms with Crippen LogP contribution in [0.2, 0.25) is 0 Å². The minimum atomic E-state index is 0.682. The van der Waals surface area contributed by atoms with Gasteiger partial charge in [-0.2, -0.15) is 0 Å². The maximum atomic E-state index is 5.41. The van der Waals surface area contributed by atoms with E-state index in [-0.39, 0.29) is 0 Å². The molecule has 0 unspecified atom stereocenters.